The molecule has 0 saturated heterocycles. The van der Waals surface area contributed by atoms with Crippen LogP contribution in [0.4, 0.5) is 13.2 Å². The number of aromatic nitrogens is 1. The number of nitrogens with zero attached hydrogens (tertiary/aromatic N) is 1. The number of hydrogen-bond acceptors (Lipinski definition) is 4. The van der Waals surface area contributed by atoms with E-state index in [1.165, 1.54) is 12.1 Å². The normalized spacial score (nSPS) is 11.1. The highest BCUT2D eigenvalue weighted by atomic mass is 19.4. The minimum Gasteiger partial charge on any atom is -0.483 e. The predicted octanol–water partition coefficient (Wildman–Crippen LogP) is 2.20. The molecular formula is C10H10F3NO3. The lowest BCUT2D eigenvalue weighted by atomic mass is 10.3. The van der Waals surface area contributed by atoms with Crippen LogP contribution in [0.1, 0.15) is 17.4 Å². The van der Waals surface area contributed by atoms with Crippen molar-refractivity contribution in [2.45, 2.75) is 13.1 Å². The predicted molar refractivity (Wildman–Crippen MR) is 51.7 cm³/mol. The minimum atomic E-state index is -4.40. The highest BCUT2D eigenvalue weighted by Crippen LogP contribution is 2.17. The van der Waals surface area contributed by atoms with Crippen molar-refractivity contribution in [2.75, 3.05) is 13.2 Å². The average Bonchev–Trinajstić information content (AvgIpc) is 2.26. The maximum Gasteiger partial charge on any atom is 0.422 e. The zero-order valence-corrected chi connectivity index (χ0v) is 8.95. The summed E-state index contributed by atoms with van der Waals surface area (Å²) in [6.07, 6.45) is -3.36. The van der Waals surface area contributed by atoms with Gasteiger partial charge in [0.2, 0.25) is 0 Å². The van der Waals surface area contributed by atoms with E-state index in [4.69, 9.17) is 0 Å². The van der Waals surface area contributed by atoms with E-state index in [2.05, 4.69) is 14.5 Å². The van der Waals surface area contributed by atoms with Gasteiger partial charge in [-0.15, -0.1) is 0 Å². The first-order valence-corrected chi connectivity index (χ1v) is 4.75. The van der Waals surface area contributed by atoms with E-state index in [9.17, 15) is 18.0 Å². The van der Waals surface area contributed by atoms with Crippen LogP contribution >= 0.6 is 0 Å². The molecule has 1 aromatic heterocycles. The van der Waals surface area contributed by atoms with Crippen molar-refractivity contribution in [3.8, 4) is 5.75 Å². The van der Waals surface area contributed by atoms with Crippen LogP contribution in [0.5, 0.6) is 5.75 Å². The molecule has 0 bridgehead atoms. The lowest BCUT2D eigenvalue weighted by Gasteiger charge is -2.08. The lowest BCUT2D eigenvalue weighted by Crippen LogP contribution is -2.19. The van der Waals surface area contributed by atoms with Crippen LogP contribution in [0, 0.1) is 0 Å². The second-order valence-electron chi connectivity index (χ2n) is 3.00. The molecule has 0 spiro atoms. The Morgan fingerprint density at radius 3 is 2.59 bits per heavy atom. The molecule has 94 valence electrons. The largest absolute Gasteiger partial charge is 0.483 e. The molecule has 1 heterocycles. The van der Waals surface area contributed by atoms with Crippen LogP contribution in [0.2, 0.25) is 0 Å². The third-order valence-corrected chi connectivity index (χ3v) is 1.62. The summed E-state index contributed by atoms with van der Waals surface area (Å²) in [4.78, 5) is 14.8. The fourth-order valence-corrected chi connectivity index (χ4v) is 0.957. The molecule has 0 unspecified atom stereocenters. The first-order valence-electron chi connectivity index (χ1n) is 4.75. The summed E-state index contributed by atoms with van der Waals surface area (Å²) >= 11 is 0. The average molecular weight is 249 g/mol. The summed E-state index contributed by atoms with van der Waals surface area (Å²) < 4.78 is 44.6. The number of halogens is 3. The molecule has 0 N–H and O–H groups in total. The summed E-state index contributed by atoms with van der Waals surface area (Å²) in [6.45, 7) is 0.443. The summed E-state index contributed by atoms with van der Waals surface area (Å²) in [5.41, 5.74) is 0.0196. The maximum absolute atomic E-state index is 11.8. The number of esters is 1. The Labute approximate surface area is 95.4 Å². The number of carbonyl (C=O) groups is 1. The molecule has 0 aliphatic carbocycles. The van der Waals surface area contributed by atoms with Gasteiger partial charge in [0.1, 0.15) is 11.4 Å². The van der Waals surface area contributed by atoms with E-state index >= 15 is 0 Å². The van der Waals surface area contributed by atoms with Gasteiger partial charge >= 0.3 is 12.1 Å². The van der Waals surface area contributed by atoms with E-state index in [0.717, 1.165) is 6.20 Å². The molecule has 17 heavy (non-hydrogen) atoms. The summed E-state index contributed by atoms with van der Waals surface area (Å²) in [5, 5.41) is 0. The van der Waals surface area contributed by atoms with Gasteiger partial charge in [-0.1, -0.05) is 0 Å². The van der Waals surface area contributed by atoms with E-state index in [0.29, 0.717) is 0 Å². The topological polar surface area (TPSA) is 48.4 Å². The van der Waals surface area contributed by atoms with Crippen molar-refractivity contribution in [1.82, 2.24) is 4.98 Å². The van der Waals surface area contributed by atoms with Gasteiger partial charge in [-0.05, 0) is 19.1 Å². The SMILES string of the molecule is CCOC(=O)c1ccc(OCC(F)(F)F)cn1. The van der Waals surface area contributed by atoms with Crippen LogP contribution in [0.3, 0.4) is 0 Å². The third kappa shape index (κ3) is 4.71. The number of rotatable bonds is 4. The van der Waals surface area contributed by atoms with Crippen molar-refractivity contribution in [3.63, 3.8) is 0 Å². The Bertz CT molecular complexity index is 375. The smallest absolute Gasteiger partial charge is 0.422 e. The molecular weight excluding hydrogens is 239 g/mol. The van der Waals surface area contributed by atoms with Gasteiger partial charge in [0.25, 0.3) is 0 Å². The first-order chi connectivity index (χ1) is 7.92. The third-order valence-electron chi connectivity index (χ3n) is 1.62. The minimum absolute atomic E-state index is 0.0196. The number of hydrogen-bond donors (Lipinski definition) is 0. The molecule has 0 radical (unpaired) electrons. The lowest BCUT2D eigenvalue weighted by molar-refractivity contribution is -0.153. The molecule has 1 aromatic rings. The Kier molecular flexibility index (Phi) is 4.30. The Morgan fingerprint density at radius 1 is 1.41 bits per heavy atom. The molecule has 0 saturated carbocycles. The van der Waals surface area contributed by atoms with Gasteiger partial charge in [-0.3, -0.25) is 0 Å². The van der Waals surface area contributed by atoms with E-state index in [-0.39, 0.29) is 18.1 Å². The van der Waals surface area contributed by atoms with Crippen molar-refractivity contribution in [1.29, 1.82) is 0 Å². The zero-order valence-electron chi connectivity index (χ0n) is 8.95. The highest BCUT2D eigenvalue weighted by Gasteiger charge is 2.28. The molecule has 0 aliphatic rings. The summed E-state index contributed by atoms with van der Waals surface area (Å²) in [5.74, 6) is -0.690. The molecule has 4 nitrogen and oxygen atoms in total. The number of pyridine rings is 1. The van der Waals surface area contributed by atoms with Crippen LogP contribution in [-0.4, -0.2) is 30.3 Å². The fourth-order valence-electron chi connectivity index (χ4n) is 0.957. The molecule has 0 atom stereocenters. The van der Waals surface area contributed by atoms with Crippen molar-refractivity contribution in [2.24, 2.45) is 0 Å². The van der Waals surface area contributed by atoms with Crippen LogP contribution in [0.15, 0.2) is 18.3 Å². The van der Waals surface area contributed by atoms with E-state index < -0.39 is 18.8 Å². The second-order valence-corrected chi connectivity index (χ2v) is 3.00. The molecule has 0 amide bonds. The first kappa shape index (κ1) is 13.3. The van der Waals surface area contributed by atoms with Crippen molar-refractivity contribution in [3.05, 3.63) is 24.0 Å². The van der Waals surface area contributed by atoms with Crippen LogP contribution in [-0.2, 0) is 4.74 Å². The van der Waals surface area contributed by atoms with Crippen molar-refractivity contribution < 1.29 is 27.4 Å². The summed E-state index contributed by atoms with van der Waals surface area (Å²) in [7, 11) is 0. The van der Waals surface area contributed by atoms with Gasteiger partial charge in [0.05, 0.1) is 12.8 Å². The summed E-state index contributed by atoms with van der Waals surface area (Å²) in [6, 6.07) is 2.47. The number of carbonyl (C=O) groups excluding carboxylic acids is 1. The quantitative estimate of drug-likeness (QED) is 0.767. The van der Waals surface area contributed by atoms with Gasteiger partial charge in [-0.2, -0.15) is 13.2 Å². The fraction of sp³-hybridized carbons (Fsp3) is 0.400. The van der Waals surface area contributed by atoms with Gasteiger partial charge in [-0.25, -0.2) is 9.78 Å². The molecule has 0 aliphatic heterocycles. The number of alkyl halides is 3. The van der Waals surface area contributed by atoms with Gasteiger partial charge < -0.3 is 9.47 Å². The van der Waals surface area contributed by atoms with E-state index in [1.807, 2.05) is 0 Å². The van der Waals surface area contributed by atoms with Crippen LogP contribution < -0.4 is 4.74 Å². The maximum atomic E-state index is 11.8. The standard InChI is InChI=1S/C10H10F3NO3/c1-2-16-9(15)8-4-3-7(5-14-8)17-6-10(11,12)13/h3-5H,2,6H2,1H3. The molecule has 1 rings (SSSR count). The zero-order chi connectivity index (χ0) is 12.9. The van der Waals surface area contributed by atoms with E-state index in [1.54, 1.807) is 6.92 Å². The highest BCUT2D eigenvalue weighted by molar-refractivity contribution is 5.87. The Balaban J connectivity index is 2.59. The van der Waals surface area contributed by atoms with Gasteiger partial charge in [0, 0.05) is 0 Å². The Morgan fingerprint density at radius 2 is 2.12 bits per heavy atom. The molecule has 0 aromatic carbocycles. The number of ether oxygens (including phenoxy) is 2. The van der Waals surface area contributed by atoms with Crippen molar-refractivity contribution >= 4 is 5.97 Å². The molecule has 7 heteroatoms. The second kappa shape index (κ2) is 5.51. The molecule has 0 fully saturated rings. The Hall–Kier alpha value is -1.79. The van der Waals surface area contributed by atoms with Crippen LogP contribution in [0.25, 0.3) is 0 Å². The van der Waals surface area contributed by atoms with Gasteiger partial charge in [0.15, 0.2) is 6.61 Å². The monoisotopic (exact) mass is 249 g/mol.